The number of fused-ring (bicyclic) bond motifs is 2. The number of rotatable bonds is 6. The van der Waals surface area contributed by atoms with Crippen LogP contribution in [0.4, 0.5) is 0 Å². The van der Waals surface area contributed by atoms with Gasteiger partial charge in [0.15, 0.2) is 0 Å². The number of amides is 1. The van der Waals surface area contributed by atoms with Crippen molar-refractivity contribution in [3.8, 4) is 0 Å². The molecule has 1 aromatic carbocycles. The van der Waals surface area contributed by atoms with E-state index in [1.807, 2.05) is 0 Å². The topological polar surface area (TPSA) is 41.1 Å². The fourth-order valence-electron chi connectivity index (χ4n) is 3.64. The summed E-state index contributed by atoms with van der Waals surface area (Å²) in [5, 5.41) is 6.40. The third kappa shape index (κ3) is 3.09. The van der Waals surface area contributed by atoms with Crippen molar-refractivity contribution in [3.05, 3.63) is 35.4 Å². The maximum Gasteiger partial charge on any atom is 0.224 e. The van der Waals surface area contributed by atoms with Crippen LogP contribution in [0.3, 0.4) is 0 Å². The summed E-state index contributed by atoms with van der Waals surface area (Å²) in [6.45, 7) is 4.79. The summed E-state index contributed by atoms with van der Waals surface area (Å²) in [4.78, 5) is 12.3. The minimum Gasteiger partial charge on any atom is -0.355 e. The summed E-state index contributed by atoms with van der Waals surface area (Å²) >= 11 is 0. The van der Waals surface area contributed by atoms with Crippen LogP contribution < -0.4 is 10.6 Å². The molecule has 116 valence electrons. The Kier molecular flexibility index (Phi) is 5.28. The molecule has 3 rings (SSSR count). The van der Waals surface area contributed by atoms with Crippen LogP contribution in [0, 0.1) is 5.92 Å². The first-order chi connectivity index (χ1) is 9.78. The zero-order valence-corrected chi connectivity index (χ0v) is 13.5. The van der Waals surface area contributed by atoms with Gasteiger partial charge in [-0.15, -0.1) is 12.4 Å². The monoisotopic (exact) mass is 308 g/mol. The van der Waals surface area contributed by atoms with Gasteiger partial charge in [0.05, 0.1) is 0 Å². The molecule has 2 atom stereocenters. The van der Waals surface area contributed by atoms with E-state index in [-0.39, 0.29) is 29.6 Å². The van der Waals surface area contributed by atoms with Crippen molar-refractivity contribution >= 4 is 18.3 Å². The maximum atomic E-state index is 12.3. The molecule has 0 aromatic heterocycles. The van der Waals surface area contributed by atoms with Gasteiger partial charge in [-0.1, -0.05) is 31.2 Å². The Labute approximate surface area is 133 Å². The predicted molar refractivity (Wildman–Crippen MR) is 88.0 cm³/mol. The van der Waals surface area contributed by atoms with Crippen LogP contribution in [0.25, 0.3) is 0 Å². The van der Waals surface area contributed by atoms with Crippen LogP contribution in [0.1, 0.15) is 37.3 Å². The highest BCUT2D eigenvalue weighted by atomic mass is 35.5. The molecule has 1 spiro atoms. The van der Waals surface area contributed by atoms with Gasteiger partial charge >= 0.3 is 0 Å². The second-order valence-electron chi connectivity index (χ2n) is 6.11. The molecule has 1 amide bonds. The van der Waals surface area contributed by atoms with Crippen LogP contribution in [-0.2, 0) is 16.6 Å². The number of aryl methyl sites for hydroxylation is 1. The molecule has 2 unspecified atom stereocenters. The summed E-state index contributed by atoms with van der Waals surface area (Å²) in [6.07, 6.45) is 4.46. The average Bonchev–Trinajstić information content (AvgIpc) is 3.09. The summed E-state index contributed by atoms with van der Waals surface area (Å²) in [6, 6.07) is 8.65. The molecule has 2 N–H and O–H groups in total. The molecule has 0 aliphatic heterocycles. The van der Waals surface area contributed by atoms with Crippen molar-refractivity contribution in [2.75, 3.05) is 19.6 Å². The first-order valence-electron chi connectivity index (χ1n) is 7.85. The van der Waals surface area contributed by atoms with Crippen molar-refractivity contribution in [1.29, 1.82) is 0 Å². The molecule has 21 heavy (non-hydrogen) atoms. The van der Waals surface area contributed by atoms with E-state index in [2.05, 4.69) is 41.8 Å². The zero-order valence-electron chi connectivity index (χ0n) is 12.7. The first kappa shape index (κ1) is 16.3. The SMILES string of the molecule is CCCNCCNC(=O)C1CC12CCc1ccccc12.Cl. The van der Waals surface area contributed by atoms with Crippen molar-refractivity contribution in [3.63, 3.8) is 0 Å². The van der Waals surface area contributed by atoms with Gasteiger partial charge in [-0.2, -0.15) is 0 Å². The lowest BCUT2D eigenvalue weighted by Gasteiger charge is -2.12. The molecule has 3 nitrogen and oxygen atoms in total. The van der Waals surface area contributed by atoms with Crippen LogP contribution in [0.15, 0.2) is 24.3 Å². The molecule has 4 heteroatoms. The molecular formula is C17H25ClN2O. The second-order valence-corrected chi connectivity index (χ2v) is 6.11. The van der Waals surface area contributed by atoms with Gasteiger partial charge in [0.1, 0.15) is 0 Å². The Morgan fingerprint density at radius 2 is 2.10 bits per heavy atom. The predicted octanol–water partition coefficient (Wildman–Crippen LogP) is 2.43. The first-order valence-corrected chi connectivity index (χ1v) is 7.85. The third-order valence-electron chi connectivity index (χ3n) is 4.81. The molecule has 0 saturated heterocycles. The number of carbonyl (C=O) groups excluding carboxylic acids is 1. The Hall–Kier alpha value is -1.06. The molecule has 0 heterocycles. The number of nitrogens with one attached hydrogen (secondary N) is 2. The summed E-state index contributed by atoms with van der Waals surface area (Å²) in [5.74, 6) is 0.456. The maximum absolute atomic E-state index is 12.3. The Bertz CT molecular complexity index is 505. The van der Waals surface area contributed by atoms with Gasteiger partial charge in [-0.25, -0.2) is 0 Å². The van der Waals surface area contributed by atoms with Crippen LogP contribution in [0.5, 0.6) is 0 Å². The summed E-state index contributed by atoms with van der Waals surface area (Å²) in [5.41, 5.74) is 3.06. The van der Waals surface area contributed by atoms with Crippen molar-refractivity contribution in [1.82, 2.24) is 10.6 Å². The molecule has 2 aliphatic rings. The quantitative estimate of drug-likeness (QED) is 0.793. The standard InChI is InChI=1S/C17H24N2O.ClH/c1-2-9-18-10-11-19-16(20)15-12-17(15)8-7-13-5-3-4-6-14(13)17;/h3-6,15,18H,2,7-12H2,1H3,(H,19,20);1H. The number of halogens is 1. The van der Waals surface area contributed by atoms with Crippen molar-refractivity contribution in [2.24, 2.45) is 5.92 Å². The summed E-state index contributed by atoms with van der Waals surface area (Å²) in [7, 11) is 0. The van der Waals surface area contributed by atoms with Crippen LogP contribution in [0.2, 0.25) is 0 Å². The molecule has 2 aliphatic carbocycles. The van der Waals surface area contributed by atoms with Gasteiger partial charge in [0.25, 0.3) is 0 Å². The molecule has 1 fully saturated rings. The van der Waals surface area contributed by atoms with E-state index in [0.717, 1.165) is 45.3 Å². The van der Waals surface area contributed by atoms with E-state index in [1.165, 1.54) is 11.1 Å². The van der Waals surface area contributed by atoms with Crippen molar-refractivity contribution < 1.29 is 4.79 Å². The van der Waals surface area contributed by atoms with E-state index in [4.69, 9.17) is 0 Å². The van der Waals surface area contributed by atoms with Gasteiger partial charge in [-0.3, -0.25) is 4.79 Å². The smallest absolute Gasteiger partial charge is 0.224 e. The lowest BCUT2D eigenvalue weighted by molar-refractivity contribution is -0.122. The van der Waals surface area contributed by atoms with E-state index in [0.29, 0.717) is 0 Å². The molecule has 0 radical (unpaired) electrons. The van der Waals surface area contributed by atoms with Gasteiger partial charge in [0.2, 0.25) is 5.91 Å². The van der Waals surface area contributed by atoms with Gasteiger partial charge in [0, 0.05) is 24.4 Å². The molecule has 1 aromatic rings. The van der Waals surface area contributed by atoms with E-state index >= 15 is 0 Å². The average molecular weight is 309 g/mol. The van der Waals surface area contributed by atoms with E-state index < -0.39 is 0 Å². The Morgan fingerprint density at radius 3 is 2.90 bits per heavy atom. The third-order valence-corrected chi connectivity index (χ3v) is 4.81. The number of benzene rings is 1. The van der Waals surface area contributed by atoms with E-state index in [1.54, 1.807) is 0 Å². The van der Waals surface area contributed by atoms with Gasteiger partial charge in [-0.05, 0) is 43.4 Å². The lowest BCUT2D eigenvalue weighted by Crippen LogP contribution is -2.34. The normalized spacial score (nSPS) is 25.3. The second kappa shape index (κ2) is 6.80. The molecule has 0 bridgehead atoms. The number of hydrogen-bond acceptors (Lipinski definition) is 2. The summed E-state index contributed by atoms with van der Waals surface area (Å²) < 4.78 is 0. The highest BCUT2D eigenvalue weighted by Gasteiger charge is 2.61. The zero-order chi connectivity index (χ0) is 14.0. The molecular weight excluding hydrogens is 284 g/mol. The van der Waals surface area contributed by atoms with Crippen LogP contribution >= 0.6 is 12.4 Å². The fraction of sp³-hybridized carbons (Fsp3) is 0.588. The number of carbonyl (C=O) groups is 1. The van der Waals surface area contributed by atoms with Gasteiger partial charge < -0.3 is 10.6 Å². The minimum atomic E-state index is 0. The Morgan fingerprint density at radius 1 is 1.29 bits per heavy atom. The van der Waals surface area contributed by atoms with Crippen LogP contribution in [-0.4, -0.2) is 25.5 Å². The van der Waals surface area contributed by atoms with E-state index in [9.17, 15) is 4.79 Å². The largest absolute Gasteiger partial charge is 0.355 e. The highest BCUT2D eigenvalue weighted by Crippen LogP contribution is 2.61. The Balaban J connectivity index is 0.00000161. The lowest BCUT2D eigenvalue weighted by atomic mass is 9.95. The fourth-order valence-corrected chi connectivity index (χ4v) is 3.64. The molecule has 1 saturated carbocycles. The number of hydrogen-bond donors (Lipinski definition) is 2. The van der Waals surface area contributed by atoms with Crippen molar-refractivity contribution in [2.45, 2.75) is 38.0 Å². The highest BCUT2D eigenvalue weighted by molar-refractivity contribution is 5.85. The minimum absolute atomic E-state index is 0.